The van der Waals surface area contributed by atoms with Gasteiger partial charge in [0.1, 0.15) is 0 Å². The number of anilines is 1. The molecule has 0 fully saturated rings. The van der Waals surface area contributed by atoms with Gasteiger partial charge in [-0.2, -0.15) is 0 Å². The number of rotatable bonds is 9. The molecule has 0 aromatic heterocycles. The van der Waals surface area contributed by atoms with Gasteiger partial charge in [0.2, 0.25) is 0 Å². The van der Waals surface area contributed by atoms with E-state index in [-0.39, 0.29) is 34.6 Å². The van der Waals surface area contributed by atoms with E-state index in [2.05, 4.69) is 5.32 Å². The summed E-state index contributed by atoms with van der Waals surface area (Å²) in [5, 5.41) is 3.41. The number of nitrogens with zero attached hydrogens (tertiary/aromatic N) is 1. The highest BCUT2D eigenvalue weighted by atomic mass is 35.5. The number of methoxy groups -OCH3 is 1. The highest BCUT2D eigenvalue weighted by Gasteiger charge is 2.29. The molecule has 6 nitrogen and oxygen atoms in total. The molecule has 3 aromatic carbocycles. The van der Waals surface area contributed by atoms with E-state index < -0.39 is 10.0 Å². The van der Waals surface area contributed by atoms with Crippen LogP contribution in [0.4, 0.5) is 5.69 Å². The lowest BCUT2D eigenvalue weighted by Gasteiger charge is -2.27. The van der Waals surface area contributed by atoms with Crippen LogP contribution in [0.1, 0.15) is 28.4 Å². The summed E-state index contributed by atoms with van der Waals surface area (Å²) in [6.07, 6.45) is 0. The van der Waals surface area contributed by atoms with Gasteiger partial charge < -0.3 is 10.1 Å². The monoisotopic (exact) mass is 486 g/mol. The zero-order valence-corrected chi connectivity index (χ0v) is 20.4. The van der Waals surface area contributed by atoms with Crippen LogP contribution in [0.15, 0.2) is 77.7 Å². The third kappa shape index (κ3) is 6.13. The summed E-state index contributed by atoms with van der Waals surface area (Å²) in [5.74, 6) is -0.379. The summed E-state index contributed by atoms with van der Waals surface area (Å²) >= 11 is 6.01. The maximum absolute atomic E-state index is 13.8. The number of ether oxygens (including phenoxy) is 1. The Bertz CT molecular complexity index is 1200. The fourth-order valence-corrected chi connectivity index (χ4v) is 4.97. The van der Waals surface area contributed by atoms with Crippen LogP contribution in [-0.4, -0.2) is 34.1 Å². The maximum Gasteiger partial charge on any atom is 0.264 e. The summed E-state index contributed by atoms with van der Waals surface area (Å²) in [7, 11) is -2.42. The highest BCUT2D eigenvalue weighted by molar-refractivity contribution is 7.92. The zero-order chi connectivity index (χ0) is 24.0. The van der Waals surface area contributed by atoms with Crippen molar-refractivity contribution in [2.24, 2.45) is 0 Å². The molecule has 1 atom stereocenters. The molecule has 0 radical (unpaired) electrons. The first-order chi connectivity index (χ1) is 15.7. The van der Waals surface area contributed by atoms with Crippen LogP contribution >= 0.6 is 11.6 Å². The predicted octanol–water partition coefficient (Wildman–Crippen LogP) is 4.81. The molecule has 0 unspecified atom stereocenters. The summed E-state index contributed by atoms with van der Waals surface area (Å²) in [5.41, 5.74) is 2.23. The topological polar surface area (TPSA) is 75.7 Å². The van der Waals surface area contributed by atoms with E-state index in [1.54, 1.807) is 79.9 Å². The minimum atomic E-state index is -3.98. The van der Waals surface area contributed by atoms with Gasteiger partial charge in [0.15, 0.2) is 0 Å². The predicted molar refractivity (Wildman–Crippen MR) is 131 cm³/mol. The first-order valence-corrected chi connectivity index (χ1v) is 12.3. The van der Waals surface area contributed by atoms with Gasteiger partial charge in [-0.15, -0.1) is 0 Å². The molecule has 0 saturated carbocycles. The van der Waals surface area contributed by atoms with Gasteiger partial charge >= 0.3 is 0 Å². The number of carbonyl (C=O) groups is 1. The first kappa shape index (κ1) is 24.8. The van der Waals surface area contributed by atoms with E-state index in [0.717, 1.165) is 11.1 Å². The van der Waals surface area contributed by atoms with Crippen molar-refractivity contribution in [3.8, 4) is 0 Å². The van der Waals surface area contributed by atoms with Crippen molar-refractivity contribution in [1.29, 1.82) is 0 Å². The second-order valence-corrected chi connectivity index (χ2v) is 10.1. The van der Waals surface area contributed by atoms with Crippen LogP contribution in [0.5, 0.6) is 0 Å². The van der Waals surface area contributed by atoms with Gasteiger partial charge in [-0.25, -0.2) is 8.42 Å². The van der Waals surface area contributed by atoms with Gasteiger partial charge in [-0.1, -0.05) is 53.6 Å². The lowest BCUT2D eigenvalue weighted by Crippen LogP contribution is -2.38. The van der Waals surface area contributed by atoms with Crippen LogP contribution < -0.4 is 9.62 Å². The molecule has 3 aromatic rings. The highest BCUT2D eigenvalue weighted by Crippen LogP contribution is 2.30. The van der Waals surface area contributed by atoms with Gasteiger partial charge in [-0.3, -0.25) is 9.10 Å². The second kappa shape index (κ2) is 10.8. The van der Waals surface area contributed by atoms with Crippen molar-refractivity contribution in [3.63, 3.8) is 0 Å². The van der Waals surface area contributed by atoms with Crippen LogP contribution in [0.2, 0.25) is 5.02 Å². The number of amides is 1. The summed E-state index contributed by atoms with van der Waals surface area (Å²) in [4.78, 5) is 13.2. The van der Waals surface area contributed by atoms with E-state index in [1.165, 1.54) is 4.31 Å². The molecule has 3 rings (SSSR count). The van der Waals surface area contributed by atoms with E-state index in [9.17, 15) is 13.2 Å². The van der Waals surface area contributed by atoms with Crippen molar-refractivity contribution in [3.05, 3.63) is 94.5 Å². The number of hydrogen-bond donors (Lipinski definition) is 1. The average molecular weight is 487 g/mol. The molecule has 0 bridgehead atoms. The van der Waals surface area contributed by atoms with Crippen molar-refractivity contribution in [2.75, 3.05) is 18.0 Å². The molecule has 1 N–H and O–H groups in total. The SMILES string of the molecule is COC[C@H](C)NC(=O)c1ccccc1N(Cc1ccc(Cl)cc1)S(=O)(=O)c1ccc(C)cc1. The molecule has 0 aliphatic rings. The zero-order valence-electron chi connectivity index (χ0n) is 18.8. The Morgan fingerprint density at radius 1 is 1.03 bits per heavy atom. The Kier molecular flexibility index (Phi) is 8.13. The number of sulfonamides is 1. The molecule has 0 saturated heterocycles. The summed E-state index contributed by atoms with van der Waals surface area (Å²) in [6.45, 7) is 4.08. The van der Waals surface area contributed by atoms with E-state index in [4.69, 9.17) is 16.3 Å². The van der Waals surface area contributed by atoms with Crippen LogP contribution in [0.3, 0.4) is 0 Å². The number of benzene rings is 3. The minimum absolute atomic E-state index is 0.0330. The van der Waals surface area contributed by atoms with Gasteiger partial charge in [0, 0.05) is 18.2 Å². The minimum Gasteiger partial charge on any atom is -0.383 e. The fraction of sp³-hybridized carbons (Fsp3) is 0.240. The largest absolute Gasteiger partial charge is 0.383 e. The number of nitrogens with one attached hydrogen (secondary N) is 1. The van der Waals surface area contributed by atoms with Crippen molar-refractivity contribution >= 4 is 33.2 Å². The van der Waals surface area contributed by atoms with E-state index >= 15 is 0 Å². The molecule has 8 heteroatoms. The second-order valence-electron chi connectivity index (χ2n) is 7.80. The smallest absolute Gasteiger partial charge is 0.264 e. The Balaban J connectivity index is 2.09. The van der Waals surface area contributed by atoms with Crippen molar-refractivity contribution < 1.29 is 17.9 Å². The van der Waals surface area contributed by atoms with Gasteiger partial charge in [0.05, 0.1) is 29.3 Å². The molecule has 174 valence electrons. The number of halogens is 1. The third-order valence-corrected chi connectivity index (χ3v) is 7.09. The number of hydrogen-bond acceptors (Lipinski definition) is 4. The van der Waals surface area contributed by atoms with Gasteiger partial charge in [0.25, 0.3) is 15.9 Å². The lowest BCUT2D eigenvalue weighted by molar-refractivity contribution is 0.0906. The van der Waals surface area contributed by atoms with Crippen molar-refractivity contribution in [2.45, 2.75) is 31.3 Å². The third-order valence-electron chi connectivity index (χ3n) is 5.06. The molecule has 1 amide bonds. The number of para-hydroxylation sites is 1. The van der Waals surface area contributed by atoms with Crippen molar-refractivity contribution in [1.82, 2.24) is 5.32 Å². The molecule has 0 heterocycles. The Morgan fingerprint density at radius 2 is 1.67 bits per heavy atom. The van der Waals surface area contributed by atoms with Crippen LogP contribution in [0.25, 0.3) is 0 Å². The first-order valence-electron chi connectivity index (χ1n) is 10.4. The molecule has 33 heavy (non-hydrogen) atoms. The van der Waals surface area contributed by atoms with E-state index in [1.807, 2.05) is 13.8 Å². The molecule has 0 aliphatic carbocycles. The number of carbonyl (C=O) groups excluding carboxylic acids is 1. The average Bonchev–Trinajstić information content (AvgIpc) is 2.79. The maximum atomic E-state index is 13.8. The molecule has 0 aliphatic heterocycles. The standard InChI is InChI=1S/C25H27ClN2O4S/c1-18-8-14-22(15-9-18)33(30,31)28(16-20-10-12-21(26)13-11-20)24-7-5-4-6-23(24)25(29)27-19(2)17-32-3/h4-15,19H,16-17H2,1-3H3,(H,27,29)/t19-/m0/s1. The number of aryl methyl sites for hydroxylation is 1. The normalized spacial score (nSPS) is 12.2. The van der Waals surface area contributed by atoms with E-state index in [0.29, 0.717) is 11.6 Å². The van der Waals surface area contributed by atoms with Gasteiger partial charge in [-0.05, 0) is 55.8 Å². The Morgan fingerprint density at radius 3 is 2.30 bits per heavy atom. The fourth-order valence-electron chi connectivity index (χ4n) is 3.37. The Hall–Kier alpha value is -2.87. The quantitative estimate of drug-likeness (QED) is 0.471. The Labute approximate surface area is 200 Å². The summed E-state index contributed by atoms with van der Waals surface area (Å²) in [6, 6.07) is 20.0. The molecular weight excluding hydrogens is 460 g/mol. The molecular formula is C25H27ClN2O4S. The molecule has 0 spiro atoms. The van der Waals surface area contributed by atoms with Crippen LogP contribution in [-0.2, 0) is 21.3 Å². The van der Waals surface area contributed by atoms with Crippen LogP contribution in [0, 0.1) is 6.92 Å². The summed E-state index contributed by atoms with van der Waals surface area (Å²) < 4.78 is 33.9. The lowest BCUT2D eigenvalue weighted by atomic mass is 10.1.